The Labute approximate surface area is 161 Å². The summed E-state index contributed by atoms with van der Waals surface area (Å²) in [4.78, 5) is 10.8. The van der Waals surface area contributed by atoms with Crippen molar-refractivity contribution in [1.29, 1.82) is 0 Å². The molecule has 0 aliphatic rings. The van der Waals surface area contributed by atoms with E-state index in [1.54, 1.807) is 12.1 Å². The van der Waals surface area contributed by atoms with Crippen LogP contribution in [0.25, 0.3) is 0 Å². The summed E-state index contributed by atoms with van der Waals surface area (Å²) in [5.74, 6) is -0.946. The van der Waals surface area contributed by atoms with Gasteiger partial charge >= 0.3 is 5.97 Å². The van der Waals surface area contributed by atoms with E-state index in [2.05, 4.69) is 22.5 Å². The SMILES string of the molecule is CCCCCCCCCNc1ccc(N=Nc2ccc(C(=O)O)cc2)cc1. The molecule has 0 spiro atoms. The normalized spacial score (nSPS) is 11.0. The molecule has 0 radical (unpaired) electrons. The lowest BCUT2D eigenvalue weighted by molar-refractivity contribution is 0.0697. The number of nitrogens with one attached hydrogen (secondary N) is 1. The summed E-state index contributed by atoms with van der Waals surface area (Å²) in [6.07, 6.45) is 9.18. The van der Waals surface area contributed by atoms with E-state index in [0.717, 1.165) is 17.9 Å². The van der Waals surface area contributed by atoms with Gasteiger partial charge in [-0.3, -0.25) is 0 Å². The van der Waals surface area contributed by atoms with Gasteiger partial charge in [0.15, 0.2) is 0 Å². The zero-order valence-corrected chi connectivity index (χ0v) is 16.0. The van der Waals surface area contributed by atoms with Crippen molar-refractivity contribution in [2.75, 3.05) is 11.9 Å². The molecule has 0 aliphatic carbocycles. The fourth-order valence-electron chi connectivity index (χ4n) is 2.75. The summed E-state index contributed by atoms with van der Waals surface area (Å²) in [6.45, 7) is 3.24. The van der Waals surface area contributed by atoms with Crippen LogP contribution in [0.15, 0.2) is 58.8 Å². The molecule has 27 heavy (non-hydrogen) atoms. The smallest absolute Gasteiger partial charge is 0.335 e. The van der Waals surface area contributed by atoms with E-state index in [4.69, 9.17) is 5.11 Å². The lowest BCUT2D eigenvalue weighted by Gasteiger charge is -2.06. The second kappa shape index (κ2) is 11.8. The molecular formula is C22H29N3O2. The van der Waals surface area contributed by atoms with Gasteiger partial charge in [0.1, 0.15) is 0 Å². The predicted molar refractivity (Wildman–Crippen MR) is 111 cm³/mol. The number of anilines is 1. The monoisotopic (exact) mass is 367 g/mol. The second-order valence-electron chi connectivity index (χ2n) is 6.65. The molecule has 0 heterocycles. The first kappa shape index (κ1) is 20.6. The minimum atomic E-state index is -0.946. The highest BCUT2D eigenvalue weighted by atomic mass is 16.4. The molecule has 0 saturated carbocycles. The molecule has 2 N–H and O–H groups in total. The molecule has 2 rings (SSSR count). The van der Waals surface area contributed by atoms with Crippen molar-refractivity contribution in [3.05, 3.63) is 54.1 Å². The van der Waals surface area contributed by atoms with Crippen LogP contribution in [0.4, 0.5) is 17.1 Å². The van der Waals surface area contributed by atoms with Crippen LogP contribution < -0.4 is 5.32 Å². The maximum Gasteiger partial charge on any atom is 0.335 e. The summed E-state index contributed by atoms with van der Waals surface area (Å²) in [5.41, 5.74) is 2.72. The first-order chi connectivity index (χ1) is 13.2. The molecule has 0 atom stereocenters. The first-order valence-corrected chi connectivity index (χ1v) is 9.78. The summed E-state index contributed by atoms with van der Waals surface area (Å²) < 4.78 is 0. The van der Waals surface area contributed by atoms with Crippen molar-refractivity contribution < 1.29 is 9.90 Å². The van der Waals surface area contributed by atoms with E-state index >= 15 is 0 Å². The van der Waals surface area contributed by atoms with Gasteiger partial charge in [-0.15, -0.1) is 0 Å². The zero-order chi connectivity index (χ0) is 19.3. The maximum atomic E-state index is 10.8. The van der Waals surface area contributed by atoms with Crippen LogP contribution in [0.2, 0.25) is 0 Å². The average molecular weight is 367 g/mol. The van der Waals surface area contributed by atoms with Crippen LogP contribution in [0, 0.1) is 0 Å². The summed E-state index contributed by atoms with van der Waals surface area (Å²) in [7, 11) is 0. The summed E-state index contributed by atoms with van der Waals surface area (Å²) >= 11 is 0. The van der Waals surface area contributed by atoms with Gasteiger partial charge in [0.05, 0.1) is 16.9 Å². The molecule has 0 aliphatic heterocycles. The van der Waals surface area contributed by atoms with E-state index < -0.39 is 5.97 Å². The molecule has 5 nitrogen and oxygen atoms in total. The molecule has 0 aromatic heterocycles. The largest absolute Gasteiger partial charge is 0.478 e. The molecule has 0 fully saturated rings. The molecule has 0 saturated heterocycles. The van der Waals surface area contributed by atoms with Crippen LogP contribution >= 0.6 is 0 Å². The highest BCUT2D eigenvalue weighted by Gasteiger charge is 2.01. The van der Waals surface area contributed by atoms with Crippen molar-refractivity contribution >= 4 is 23.0 Å². The van der Waals surface area contributed by atoms with Gasteiger partial charge in [-0.2, -0.15) is 10.2 Å². The average Bonchev–Trinajstić information content (AvgIpc) is 2.69. The maximum absolute atomic E-state index is 10.8. The Morgan fingerprint density at radius 2 is 1.33 bits per heavy atom. The number of benzene rings is 2. The van der Waals surface area contributed by atoms with Crippen molar-refractivity contribution in [2.45, 2.75) is 51.9 Å². The number of carboxylic acid groups (broad SMARTS) is 1. The van der Waals surface area contributed by atoms with Crippen molar-refractivity contribution in [3.63, 3.8) is 0 Å². The Morgan fingerprint density at radius 1 is 0.815 bits per heavy atom. The van der Waals surface area contributed by atoms with Gasteiger partial charge in [0.2, 0.25) is 0 Å². The number of nitrogens with zero attached hydrogens (tertiary/aromatic N) is 2. The Balaban J connectivity index is 1.70. The van der Waals surface area contributed by atoms with E-state index in [9.17, 15) is 4.79 Å². The third-order valence-electron chi connectivity index (χ3n) is 4.37. The summed E-state index contributed by atoms with van der Waals surface area (Å²) in [5, 5.41) is 20.6. The highest BCUT2D eigenvalue weighted by Crippen LogP contribution is 2.21. The molecule has 2 aromatic carbocycles. The number of carbonyl (C=O) groups is 1. The number of rotatable bonds is 12. The Bertz CT molecular complexity index is 709. The van der Waals surface area contributed by atoms with E-state index in [1.165, 1.54) is 57.1 Å². The van der Waals surface area contributed by atoms with Crippen molar-refractivity contribution in [2.24, 2.45) is 10.2 Å². The molecule has 0 unspecified atom stereocenters. The minimum Gasteiger partial charge on any atom is -0.478 e. The van der Waals surface area contributed by atoms with Crippen LogP contribution in [-0.2, 0) is 0 Å². The van der Waals surface area contributed by atoms with Gasteiger partial charge in [-0.25, -0.2) is 4.79 Å². The quantitative estimate of drug-likeness (QED) is 0.314. The van der Waals surface area contributed by atoms with E-state index in [-0.39, 0.29) is 5.56 Å². The minimum absolute atomic E-state index is 0.241. The Kier molecular flexibility index (Phi) is 9.04. The third kappa shape index (κ3) is 8.03. The molecule has 5 heteroatoms. The van der Waals surface area contributed by atoms with Gasteiger partial charge in [0.25, 0.3) is 0 Å². The van der Waals surface area contributed by atoms with E-state index in [0.29, 0.717) is 5.69 Å². The molecular weight excluding hydrogens is 338 g/mol. The fourth-order valence-corrected chi connectivity index (χ4v) is 2.75. The standard InChI is InChI=1S/C22H29N3O2/c1-2-3-4-5-6-7-8-17-23-19-13-15-21(16-14-19)25-24-20-11-9-18(10-12-20)22(26)27/h9-16,23H,2-8,17H2,1H3,(H,26,27). The number of azo groups is 1. The van der Waals surface area contributed by atoms with Gasteiger partial charge in [0, 0.05) is 12.2 Å². The topological polar surface area (TPSA) is 74.0 Å². The van der Waals surface area contributed by atoms with Crippen LogP contribution in [0.1, 0.15) is 62.2 Å². The number of unbranched alkanes of at least 4 members (excludes halogenated alkanes) is 6. The van der Waals surface area contributed by atoms with Crippen molar-refractivity contribution in [1.82, 2.24) is 0 Å². The lowest BCUT2D eigenvalue weighted by Crippen LogP contribution is -2.00. The molecule has 0 bridgehead atoms. The number of aromatic carboxylic acids is 1. The van der Waals surface area contributed by atoms with Gasteiger partial charge < -0.3 is 10.4 Å². The van der Waals surface area contributed by atoms with Gasteiger partial charge in [-0.05, 0) is 55.0 Å². The number of carboxylic acids is 1. The van der Waals surface area contributed by atoms with E-state index in [1.807, 2.05) is 24.3 Å². The Morgan fingerprint density at radius 3 is 1.89 bits per heavy atom. The van der Waals surface area contributed by atoms with Crippen LogP contribution in [-0.4, -0.2) is 17.6 Å². The summed E-state index contributed by atoms with van der Waals surface area (Å²) in [6, 6.07) is 14.2. The Hall–Kier alpha value is -2.69. The molecule has 0 amide bonds. The molecule has 144 valence electrons. The van der Waals surface area contributed by atoms with Crippen LogP contribution in [0.5, 0.6) is 0 Å². The highest BCUT2D eigenvalue weighted by molar-refractivity contribution is 5.87. The fraction of sp³-hybridized carbons (Fsp3) is 0.409. The molecule has 2 aromatic rings. The number of hydrogen-bond donors (Lipinski definition) is 2. The van der Waals surface area contributed by atoms with Gasteiger partial charge in [-0.1, -0.05) is 45.4 Å². The lowest BCUT2D eigenvalue weighted by atomic mass is 10.1. The first-order valence-electron chi connectivity index (χ1n) is 9.78. The van der Waals surface area contributed by atoms with Crippen LogP contribution in [0.3, 0.4) is 0 Å². The predicted octanol–water partition coefficient (Wildman–Crippen LogP) is 6.96. The number of hydrogen-bond acceptors (Lipinski definition) is 4. The zero-order valence-electron chi connectivity index (χ0n) is 16.0. The second-order valence-corrected chi connectivity index (χ2v) is 6.65. The van der Waals surface area contributed by atoms with Crippen molar-refractivity contribution in [3.8, 4) is 0 Å². The third-order valence-corrected chi connectivity index (χ3v) is 4.37.